The zero-order chi connectivity index (χ0) is 16.1. The molecule has 1 aliphatic carbocycles. The lowest BCUT2D eigenvalue weighted by Gasteiger charge is -2.38. The first-order valence-corrected chi connectivity index (χ1v) is 8.78. The number of hydrogen-bond donors (Lipinski definition) is 0. The quantitative estimate of drug-likeness (QED) is 0.839. The normalized spacial score (nSPS) is 22.3. The Morgan fingerprint density at radius 3 is 2.88 bits per heavy atom. The summed E-state index contributed by atoms with van der Waals surface area (Å²) in [5.74, 6) is 2.69. The summed E-state index contributed by atoms with van der Waals surface area (Å²) < 4.78 is 7.81. The topological polar surface area (TPSA) is 67.4 Å². The lowest BCUT2D eigenvalue weighted by atomic mass is 10.1. The van der Waals surface area contributed by atoms with E-state index in [2.05, 4.69) is 15.0 Å². The fraction of sp³-hybridized carbons (Fsp3) is 0.588. The second-order valence-electron chi connectivity index (χ2n) is 7.11. The van der Waals surface area contributed by atoms with Gasteiger partial charge in [0.1, 0.15) is 5.76 Å². The van der Waals surface area contributed by atoms with Gasteiger partial charge in [0.25, 0.3) is 0 Å². The minimum absolute atomic E-state index is 0.208. The monoisotopic (exact) mass is 327 g/mol. The molecular weight excluding hydrogens is 306 g/mol. The van der Waals surface area contributed by atoms with Gasteiger partial charge in [-0.2, -0.15) is 5.10 Å². The van der Waals surface area contributed by atoms with Crippen molar-refractivity contribution in [3.8, 4) is 0 Å². The van der Waals surface area contributed by atoms with Gasteiger partial charge in [-0.05, 0) is 19.3 Å². The maximum atomic E-state index is 11.8. The average molecular weight is 327 g/mol. The molecule has 24 heavy (non-hydrogen) atoms. The Morgan fingerprint density at radius 1 is 1.25 bits per heavy atom. The summed E-state index contributed by atoms with van der Waals surface area (Å²) in [4.78, 5) is 20.4. The van der Waals surface area contributed by atoms with Gasteiger partial charge >= 0.3 is 0 Å². The molecule has 0 bridgehead atoms. The zero-order valence-electron chi connectivity index (χ0n) is 13.6. The van der Waals surface area contributed by atoms with Crippen LogP contribution in [0.4, 0.5) is 5.69 Å². The van der Waals surface area contributed by atoms with Gasteiger partial charge in [-0.15, -0.1) is 0 Å². The molecule has 126 valence electrons. The molecule has 0 N–H and O–H groups in total. The van der Waals surface area contributed by atoms with Crippen LogP contribution < -0.4 is 4.90 Å². The van der Waals surface area contributed by atoms with Crippen LogP contribution in [0.2, 0.25) is 0 Å². The second-order valence-corrected chi connectivity index (χ2v) is 7.11. The summed E-state index contributed by atoms with van der Waals surface area (Å²) in [5, 5.41) is 4.45. The van der Waals surface area contributed by atoms with Crippen molar-refractivity contribution in [3.63, 3.8) is 0 Å². The number of oxazole rings is 1. The van der Waals surface area contributed by atoms with Crippen molar-refractivity contribution in [1.82, 2.24) is 19.7 Å². The van der Waals surface area contributed by atoms with Crippen LogP contribution in [0.1, 0.15) is 49.3 Å². The highest BCUT2D eigenvalue weighted by Crippen LogP contribution is 2.40. The molecule has 0 atom stereocenters. The number of rotatable bonds is 5. The van der Waals surface area contributed by atoms with Crippen LogP contribution in [0.25, 0.3) is 0 Å². The number of hydrogen-bond acceptors (Lipinski definition) is 5. The molecule has 7 nitrogen and oxygen atoms in total. The third-order valence-electron chi connectivity index (χ3n) is 5.20. The Hall–Kier alpha value is -2.15. The number of likely N-dealkylation sites (tertiary alicyclic amines) is 1. The Bertz CT molecular complexity index is 757. The van der Waals surface area contributed by atoms with E-state index in [1.807, 2.05) is 28.2 Å². The lowest BCUT2D eigenvalue weighted by Crippen LogP contribution is -2.47. The van der Waals surface area contributed by atoms with Crippen LogP contribution in [-0.2, 0) is 11.3 Å². The van der Waals surface area contributed by atoms with E-state index >= 15 is 0 Å². The Labute approximate surface area is 140 Å². The number of amides is 1. The van der Waals surface area contributed by atoms with Crippen molar-refractivity contribution in [3.05, 3.63) is 30.2 Å². The molecule has 0 aromatic carbocycles. The van der Waals surface area contributed by atoms with Gasteiger partial charge in [-0.25, -0.2) is 4.98 Å². The van der Waals surface area contributed by atoms with Gasteiger partial charge in [0.2, 0.25) is 11.8 Å². The molecule has 3 aliphatic rings. The number of carbonyl (C=O) groups is 1. The highest BCUT2D eigenvalue weighted by molar-refractivity contribution is 5.95. The van der Waals surface area contributed by atoms with E-state index in [0.717, 1.165) is 49.9 Å². The van der Waals surface area contributed by atoms with Crippen molar-refractivity contribution in [2.24, 2.45) is 0 Å². The third kappa shape index (κ3) is 2.53. The van der Waals surface area contributed by atoms with Gasteiger partial charge in [0.15, 0.2) is 0 Å². The smallest absolute Gasteiger partial charge is 0.227 e. The molecule has 2 aromatic heterocycles. The van der Waals surface area contributed by atoms with E-state index in [-0.39, 0.29) is 5.91 Å². The predicted molar refractivity (Wildman–Crippen MR) is 86.6 cm³/mol. The van der Waals surface area contributed by atoms with Gasteiger partial charge in [-0.1, -0.05) is 0 Å². The summed E-state index contributed by atoms with van der Waals surface area (Å²) in [5.41, 5.74) is 0.928. The number of nitrogens with zero attached hydrogens (tertiary/aromatic N) is 5. The first kappa shape index (κ1) is 14.2. The van der Waals surface area contributed by atoms with Crippen LogP contribution >= 0.6 is 0 Å². The molecule has 0 radical (unpaired) electrons. The van der Waals surface area contributed by atoms with Crippen LogP contribution in [0, 0.1) is 0 Å². The van der Waals surface area contributed by atoms with Gasteiger partial charge in [-0.3, -0.25) is 14.4 Å². The number of anilines is 1. The summed E-state index contributed by atoms with van der Waals surface area (Å²) in [6, 6.07) is 0.370. The number of aromatic nitrogens is 3. The minimum atomic E-state index is 0.208. The van der Waals surface area contributed by atoms with E-state index in [9.17, 15) is 4.79 Å². The van der Waals surface area contributed by atoms with Crippen molar-refractivity contribution in [2.45, 2.75) is 44.2 Å². The fourth-order valence-electron chi connectivity index (χ4n) is 3.57. The van der Waals surface area contributed by atoms with E-state index in [4.69, 9.17) is 4.42 Å². The highest BCUT2D eigenvalue weighted by atomic mass is 16.4. The summed E-state index contributed by atoms with van der Waals surface area (Å²) in [6.45, 7) is 3.46. The Balaban J connectivity index is 1.17. The molecule has 5 rings (SSSR count). The van der Waals surface area contributed by atoms with Gasteiger partial charge < -0.3 is 9.32 Å². The Morgan fingerprint density at radius 2 is 2.12 bits per heavy atom. The van der Waals surface area contributed by atoms with Crippen molar-refractivity contribution in [2.75, 3.05) is 24.5 Å². The molecule has 1 amide bonds. The third-order valence-corrected chi connectivity index (χ3v) is 5.20. The Kier molecular flexibility index (Phi) is 3.22. The fourth-order valence-corrected chi connectivity index (χ4v) is 3.57. The molecule has 2 saturated heterocycles. The van der Waals surface area contributed by atoms with Crippen molar-refractivity contribution in [1.29, 1.82) is 0 Å². The van der Waals surface area contributed by atoms with Crippen LogP contribution in [0.3, 0.4) is 0 Å². The van der Waals surface area contributed by atoms with E-state index in [0.29, 0.717) is 18.4 Å². The first-order chi connectivity index (χ1) is 11.8. The minimum Gasteiger partial charge on any atom is -0.444 e. The average Bonchev–Trinajstić information content (AvgIpc) is 2.95. The predicted octanol–water partition coefficient (Wildman–Crippen LogP) is 1.93. The maximum absolute atomic E-state index is 11.8. The molecule has 2 aliphatic heterocycles. The molecular formula is C17H21N5O2. The molecule has 3 fully saturated rings. The zero-order valence-corrected chi connectivity index (χ0v) is 13.6. The van der Waals surface area contributed by atoms with E-state index in [1.54, 1.807) is 0 Å². The van der Waals surface area contributed by atoms with Crippen LogP contribution in [-0.4, -0.2) is 45.2 Å². The van der Waals surface area contributed by atoms with Crippen LogP contribution in [0.15, 0.2) is 23.0 Å². The van der Waals surface area contributed by atoms with Crippen molar-refractivity contribution >= 4 is 11.6 Å². The molecule has 1 saturated carbocycles. The van der Waals surface area contributed by atoms with Gasteiger partial charge in [0.05, 0.1) is 30.7 Å². The molecule has 0 spiro atoms. The summed E-state index contributed by atoms with van der Waals surface area (Å²) in [7, 11) is 0. The SMILES string of the molecule is O=C1CCCN1c1cnn(C2CN(Cc3ncc(C4CC4)o3)C2)c1. The second kappa shape index (κ2) is 5.44. The summed E-state index contributed by atoms with van der Waals surface area (Å²) >= 11 is 0. The molecule has 2 aromatic rings. The lowest BCUT2D eigenvalue weighted by molar-refractivity contribution is -0.117. The van der Waals surface area contributed by atoms with Gasteiger partial charge in [0, 0.05) is 38.2 Å². The first-order valence-electron chi connectivity index (χ1n) is 8.78. The maximum Gasteiger partial charge on any atom is 0.227 e. The van der Waals surface area contributed by atoms with E-state index < -0.39 is 0 Å². The number of carbonyl (C=O) groups excluding carboxylic acids is 1. The molecule has 0 unspecified atom stereocenters. The van der Waals surface area contributed by atoms with Crippen molar-refractivity contribution < 1.29 is 9.21 Å². The largest absolute Gasteiger partial charge is 0.444 e. The summed E-state index contributed by atoms with van der Waals surface area (Å²) in [6.07, 6.45) is 9.77. The van der Waals surface area contributed by atoms with Crippen LogP contribution in [0.5, 0.6) is 0 Å². The molecule has 4 heterocycles. The highest BCUT2D eigenvalue weighted by Gasteiger charge is 2.32. The molecule has 7 heteroatoms. The standard InChI is InChI=1S/C17H21N5O2/c23-17-2-1-5-21(17)13-6-19-22(10-13)14-8-20(9-14)11-16-18-7-15(24-16)12-3-4-12/h6-7,10,12,14H,1-5,8-9,11H2. The van der Waals surface area contributed by atoms with E-state index in [1.165, 1.54) is 12.8 Å².